The lowest BCUT2D eigenvalue weighted by molar-refractivity contribution is -0.121. The van der Waals surface area contributed by atoms with Gasteiger partial charge in [0.15, 0.2) is 0 Å². The van der Waals surface area contributed by atoms with Gasteiger partial charge in [0.25, 0.3) is 0 Å². The zero-order valence-electron chi connectivity index (χ0n) is 13.1. The van der Waals surface area contributed by atoms with Crippen LogP contribution in [0.2, 0.25) is 5.02 Å². The van der Waals surface area contributed by atoms with Crippen LogP contribution in [0.5, 0.6) is 0 Å². The average molecular weight is 321 g/mol. The smallest absolute Gasteiger partial charge is 0.222 e. The maximum Gasteiger partial charge on any atom is 0.222 e. The number of nitrogens with zero attached hydrogens (tertiary/aromatic N) is 3. The van der Waals surface area contributed by atoms with Crippen LogP contribution < -0.4 is 5.32 Å². The van der Waals surface area contributed by atoms with Crippen LogP contribution in [0.3, 0.4) is 0 Å². The van der Waals surface area contributed by atoms with Gasteiger partial charge in [0.1, 0.15) is 0 Å². The first-order valence-electron chi connectivity index (χ1n) is 7.36. The summed E-state index contributed by atoms with van der Waals surface area (Å²) in [6, 6.07) is 5.84. The van der Waals surface area contributed by atoms with E-state index in [2.05, 4.69) is 15.4 Å². The molecule has 22 heavy (non-hydrogen) atoms. The van der Waals surface area contributed by atoms with Crippen molar-refractivity contribution in [2.45, 2.75) is 46.2 Å². The number of carbonyl (C=O) groups excluding carboxylic acids is 1. The van der Waals surface area contributed by atoms with E-state index in [1.54, 1.807) is 10.9 Å². The number of nitrogens with one attached hydrogen (secondary N) is 1. The number of aromatic nitrogens is 3. The molecule has 0 aliphatic rings. The summed E-state index contributed by atoms with van der Waals surface area (Å²) in [7, 11) is 0. The lowest BCUT2D eigenvalue weighted by atomic mass is 10.1. The van der Waals surface area contributed by atoms with Crippen molar-refractivity contribution in [2.24, 2.45) is 0 Å². The van der Waals surface area contributed by atoms with E-state index in [0.717, 1.165) is 23.5 Å². The Labute approximate surface area is 135 Å². The maximum atomic E-state index is 12.0. The molecule has 0 saturated heterocycles. The Bertz CT molecular complexity index is 639. The molecule has 0 radical (unpaired) electrons. The molecule has 0 bridgehead atoms. The summed E-state index contributed by atoms with van der Waals surface area (Å²) < 4.78 is 1.78. The Balaban J connectivity index is 1.81. The normalized spacial score (nSPS) is 12.2. The fourth-order valence-electron chi connectivity index (χ4n) is 2.33. The Morgan fingerprint density at radius 2 is 2.18 bits per heavy atom. The van der Waals surface area contributed by atoms with Crippen molar-refractivity contribution >= 4 is 17.5 Å². The Hall–Kier alpha value is -1.88. The molecule has 6 heteroatoms. The van der Waals surface area contributed by atoms with Crippen LogP contribution in [-0.2, 0) is 17.8 Å². The van der Waals surface area contributed by atoms with Crippen molar-refractivity contribution in [1.82, 2.24) is 20.1 Å². The van der Waals surface area contributed by atoms with Gasteiger partial charge >= 0.3 is 0 Å². The Morgan fingerprint density at radius 3 is 2.77 bits per heavy atom. The minimum atomic E-state index is 0.00658. The Morgan fingerprint density at radius 1 is 1.41 bits per heavy atom. The number of halogens is 1. The molecule has 2 aromatic heterocycles. The summed E-state index contributed by atoms with van der Waals surface area (Å²) in [5.41, 5.74) is 2.66. The number of hydrogen-bond acceptors (Lipinski definition) is 3. The van der Waals surface area contributed by atoms with E-state index in [-0.39, 0.29) is 11.9 Å². The van der Waals surface area contributed by atoms with E-state index in [1.807, 2.05) is 39.0 Å². The van der Waals surface area contributed by atoms with Crippen molar-refractivity contribution in [1.29, 1.82) is 0 Å². The van der Waals surface area contributed by atoms with E-state index in [4.69, 9.17) is 11.6 Å². The summed E-state index contributed by atoms with van der Waals surface area (Å²) in [6.07, 6.45) is 2.86. The van der Waals surface area contributed by atoms with Crippen LogP contribution in [0.1, 0.15) is 30.4 Å². The molecule has 1 amide bonds. The fourth-order valence-corrected chi connectivity index (χ4v) is 2.47. The monoisotopic (exact) mass is 320 g/mol. The van der Waals surface area contributed by atoms with Gasteiger partial charge in [0.2, 0.25) is 5.91 Å². The number of amides is 1. The molecular weight excluding hydrogens is 300 g/mol. The van der Waals surface area contributed by atoms with Crippen LogP contribution in [0.4, 0.5) is 0 Å². The number of carbonyl (C=O) groups is 1. The second-order valence-electron chi connectivity index (χ2n) is 5.45. The molecule has 0 aliphatic heterocycles. The molecule has 0 saturated carbocycles. The predicted octanol–water partition coefficient (Wildman–Crippen LogP) is 2.69. The first kappa shape index (κ1) is 16.5. The highest BCUT2D eigenvalue weighted by molar-refractivity contribution is 6.31. The SMILES string of the molecule is Cc1nn(CCC(=O)NC(C)Cc2ccccn2)c(C)c1Cl. The van der Waals surface area contributed by atoms with Crippen molar-refractivity contribution in [2.75, 3.05) is 0 Å². The third-order valence-corrected chi connectivity index (χ3v) is 4.04. The summed E-state index contributed by atoms with van der Waals surface area (Å²) in [5, 5.41) is 7.98. The van der Waals surface area contributed by atoms with E-state index >= 15 is 0 Å². The number of aryl methyl sites for hydroxylation is 2. The van der Waals surface area contributed by atoms with Gasteiger partial charge < -0.3 is 5.32 Å². The van der Waals surface area contributed by atoms with Crippen LogP contribution in [0.25, 0.3) is 0 Å². The van der Waals surface area contributed by atoms with Gasteiger partial charge in [-0.1, -0.05) is 17.7 Å². The number of pyridine rings is 1. The topological polar surface area (TPSA) is 59.8 Å². The van der Waals surface area contributed by atoms with E-state index in [9.17, 15) is 4.79 Å². The van der Waals surface area contributed by atoms with Gasteiger partial charge in [-0.3, -0.25) is 14.5 Å². The standard InChI is InChI=1S/C16H21ClN4O/c1-11(10-14-6-4-5-8-18-14)19-15(22)7-9-21-13(3)16(17)12(2)20-21/h4-6,8,11H,7,9-10H2,1-3H3,(H,19,22). The number of rotatable bonds is 6. The molecule has 5 nitrogen and oxygen atoms in total. The molecule has 0 fully saturated rings. The molecule has 118 valence electrons. The summed E-state index contributed by atoms with van der Waals surface area (Å²) >= 11 is 6.10. The minimum Gasteiger partial charge on any atom is -0.353 e. The van der Waals surface area contributed by atoms with E-state index < -0.39 is 0 Å². The summed E-state index contributed by atoms with van der Waals surface area (Å²) in [6.45, 7) is 6.28. The largest absolute Gasteiger partial charge is 0.353 e. The van der Waals surface area contributed by atoms with Crippen molar-refractivity contribution in [3.63, 3.8) is 0 Å². The zero-order chi connectivity index (χ0) is 16.1. The fraction of sp³-hybridized carbons (Fsp3) is 0.438. The number of hydrogen-bond donors (Lipinski definition) is 1. The highest BCUT2D eigenvalue weighted by Crippen LogP contribution is 2.18. The highest BCUT2D eigenvalue weighted by Gasteiger charge is 2.12. The highest BCUT2D eigenvalue weighted by atomic mass is 35.5. The van der Waals surface area contributed by atoms with Gasteiger partial charge in [-0.25, -0.2) is 0 Å². The van der Waals surface area contributed by atoms with Crippen molar-refractivity contribution < 1.29 is 4.79 Å². The first-order chi connectivity index (χ1) is 10.5. The molecule has 1 atom stereocenters. The van der Waals surface area contributed by atoms with E-state index in [1.165, 1.54) is 0 Å². The van der Waals surface area contributed by atoms with Gasteiger partial charge in [0.05, 0.1) is 23.0 Å². The van der Waals surface area contributed by atoms with E-state index in [0.29, 0.717) is 18.0 Å². The summed E-state index contributed by atoms with van der Waals surface area (Å²) in [5.74, 6) is 0.00658. The molecule has 2 heterocycles. The Kier molecular flexibility index (Phi) is 5.55. The first-order valence-corrected chi connectivity index (χ1v) is 7.74. The third kappa shape index (κ3) is 4.31. The minimum absolute atomic E-state index is 0.00658. The van der Waals surface area contributed by atoms with Gasteiger partial charge in [-0.05, 0) is 32.9 Å². The maximum absolute atomic E-state index is 12.0. The van der Waals surface area contributed by atoms with Crippen molar-refractivity contribution in [3.05, 3.63) is 46.5 Å². The molecule has 0 aliphatic carbocycles. The second-order valence-corrected chi connectivity index (χ2v) is 5.83. The quantitative estimate of drug-likeness (QED) is 0.890. The lowest BCUT2D eigenvalue weighted by Gasteiger charge is -2.13. The zero-order valence-corrected chi connectivity index (χ0v) is 13.9. The molecular formula is C16H21ClN4O. The lowest BCUT2D eigenvalue weighted by Crippen LogP contribution is -2.34. The van der Waals surface area contributed by atoms with Crippen LogP contribution in [0.15, 0.2) is 24.4 Å². The second kappa shape index (κ2) is 7.40. The van der Waals surface area contributed by atoms with Gasteiger partial charge in [0, 0.05) is 30.8 Å². The molecule has 1 unspecified atom stereocenters. The molecule has 0 spiro atoms. The van der Waals surface area contributed by atoms with Crippen molar-refractivity contribution in [3.8, 4) is 0 Å². The third-order valence-electron chi connectivity index (χ3n) is 3.49. The predicted molar refractivity (Wildman–Crippen MR) is 86.9 cm³/mol. The van der Waals surface area contributed by atoms with Crippen LogP contribution in [0, 0.1) is 13.8 Å². The molecule has 0 aromatic carbocycles. The molecule has 2 aromatic rings. The molecule has 1 N–H and O–H groups in total. The van der Waals surface area contributed by atoms with Gasteiger partial charge in [-0.2, -0.15) is 5.10 Å². The average Bonchev–Trinajstić information content (AvgIpc) is 2.73. The van der Waals surface area contributed by atoms with Crippen LogP contribution in [-0.4, -0.2) is 26.7 Å². The summed E-state index contributed by atoms with van der Waals surface area (Å²) in [4.78, 5) is 16.3. The van der Waals surface area contributed by atoms with Gasteiger partial charge in [-0.15, -0.1) is 0 Å². The molecule has 2 rings (SSSR count). The van der Waals surface area contributed by atoms with Crippen LogP contribution >= 0.6 is 11.6 Å².